The SMILES string of the molecule is O=C(Nc1ccc(OC(F)F)c(F)c1)c1cc(-c2ccncc2)on1. The van der Waals surface area contributed by atoms with Crippen molar-refractivity contribution in [2.75, 3.05) is 5.32 Å². The van der Waals surface area contributed by atoms with Gasteiger partial charge in [0.15, 0.2) is 23.0 Å². The highest BCUT2D eigenvalue weighted by Crippen LogP contribution is 2.24. The number of ether oxygens (including phenoxy) is 1. The molecule has 0 saturated carbocycles. The summed E-state index contributed by atoms with van der Waals surface area (Å²) in [5.41, 5.74) is 0.707. The fourth-order valence-corrected chi connectivity index (χ4v) is 2.00. The Balaban J connectivity index is 1.72. The standard InChI is InChI=1S/C16H10F3N3O3/c17-11-7-10(1-2-13(11)24-16(18)19)21-15(23)12-8-14(25-22-12)9-3-5-20-6-4-9/h1-8,16H,(H,21,23). The highest BCUT2D eigenvalue weighted by molar-refractivity contribution is 6.03. The lowest BCUT2D eigenvalue weighted by atomic mass is 10.2. The predicted molar refractivity (Wildman–Crippen MR) is 80.7 cm³/mol. The molecule has 3 rings (SSSR count). The van der Waals surface area contributed by atoms with E-state index in [-0.39, 0.29) is 11.4 Å². The molecule has 0 saturated heterocycles. The Hall–Kier alpha value is -3.36. The third-order valence-corrected chi connectivity index (χ3v) is 3.11. The molecule has 2 aromatic heterocycles. The minimum atomic E-state index is -3.14. The van der Waals surface area contributed by atoms with E-state index in [1.807, 2.05) is 0 Å². The van der Waals surface area contributed by atoms with Crippen LogP contribution in [0.3, 0.4) is 0 Å². The minimum Gasteiger partial charge on any atom is -0.432 e. The molecular weight excluding hydrogens is 339 g/mol. The van der Waals surface area contributed by atoms with Crippen molar-refractivity contribution in [2.45, 2.75) is 6.61 Å². The Kier molecular flexibility index (Phi) is 4.64. The molecular formula is C16H10F3N3O3. The van der Waals surface area contributed by atoms with Crippen LogP contribution in [0.15, 0.2) is 53.3 Å². The van der Waals surface area contributed by atoms with Crippen molar-refractivity contribution in [1.29, 1.82) is 0 Å². The van der Waals surface area contributed by atoms with Crippen molar-refractivity contribution in [1.82, 2.24) is 10.1 Å². The van der Waals surface area contributed by atoms with E-state index in [1.54, 1.807) is 24.5 Å². The second-order valence-corrected chi connectivity index (χ2v) is 4.79. The highest BCUT2D eigenvalue weighted by Gasteiger charge is 2.16. The number of alkyl halides is 2. The second kappa shape index (κ2) is 7.04. The third kappa shape index (κ3) is 3.94. The van der Waals surface area contributed by atoms with Crippen molar-refractivity contribution in [3.05, 3.63) is 60.3 Å². The number of carbonyl (C=O) groups excluding carboxylic acids is 1. The van der Waals surface area contributed by atoms with Gasteiger partial charge in [-0.1, -0.05) is 5.16 Å². The van der Waals surface area contributed by atoms with Crippen LogP contribution in [-0.4, -0.2) is 22.7 Å². The molecule has 128 valence electrons. The van der Waals surface area contributed by atoms with Gasteiger partial charge in [-0.2, -0.15) is 8.78 Å². The van der Waals surface area contributed by atoms with E-state index in [1.165, 1.54) is 12.1 Å². The average molecular weight is 349 g/mol. The van der Waals surface area contributed by atoms with Gasteiger partial charge in [0.2, 0.25) is 0 Å². The number of hydrogen-bond donors (Lipinski definition) is 1. The Morgan fingerprint density at radius 2 is 1.92 bits per heavy atom. The van der Waals surface area contributed by atoms with Gasteiger partial charge in [0.05, 0.1) is 0 Å². The molecule has 1 N–H and O–H groups in total. The van der Waals surface area contributed by atoms with Crippen LogP contribution in [0.5, 0.6) is 5.75 Å². The van der Waals surface area contributed by atoms with Crippen molar-refractivity contribution in [3.63, 3.8) is 0 Å². The largest absolute Gasteiger partial charge is 0.432 e. The van der Waals surface area contributed by atoms with Crippen molar-refractivity contribution < 1.29 is 27.2 Å². The molecule has 25 heavy (non-hydrogen) atoms. The first-order valence-electron chi connectivity index (χ1n) is 6.96. The lowest BCUT2D eigenvalue weighted by Gasteiger charge is -2.08. The Labute approximate surface area is 139 Å². The second-order valence-electron chi connectivity index (χ2n) is 4.79. The predicted octanol–water partition coefficient (Wildman–Crippen LogP) is 3.73. The van der Waals surface area contributed by atoms with E-state index < -0.39 is 24.1 Å². The molecule has 6 nitrogen and oxygen atoms in total. The number of benzene rings is 1. The van der Waals surface area contributed by atoms with Crippen LogP contribution in [0, 0.1) is 5.82 Å². The number of aromatic nitrogens is 2. The number of nitrogens with one attached hydrogen (secondary N) is 1. The summed E-state index contributed by atoms with van der Waals surface area (Å²) in [6, 6.07) is 7.85. The molecule has 9 heteroatoms. The van der Waals surface area contributed by atoms with Gasteiger partial charge in [-0.05, 0) is 24.3 Å². The van der Waals surface area contributed by atoms with Crippen LogP contribution in [0.1, 0.15) is 10.5 Å². The van der Waals surface area contributed by atoms with Crippen LogP contribution < -0.4 is 10.1 Å². The summed E-state index contributed by atoms with van der Waals surface area (Å²) in [4.78, 5) is 16.0. The summed E-state index contributed by atoms with van der Waals surface area (Å²) in [6.45, 7) is -3.14. The maximum Gasteiger partial charge on any atom is 0.387 e. The summed E-state index contributed by atoms with van der Waals surface area (Å²) >= 11 is 0. The molecule has 1 aromatic carbocycles. The molecule has 0 radical (unpaired) electrons. The molecule has 2 heterocycles. The maximum atomic E-state index is 13.6. The zero-order chi connectivity index (χ0) is 17.8. The molecule has 0 aliphatic carbocycles. The summed E-state index contributed by atoms with van der Waals surface area (Å²) in [5, 5.41) is 6.03. The Morgan fingerprint density at radius 3 is 2.60 bits per heavy atom. The fraction of sp³-hybridized carbons (Fsp3) is 0.0625. The summed E-state index contributed by atoms with van der Waals surface area (Å²) < 4.78 is 46.9. The van der Waals surface area contributed by atoms with E-state index in [0.717, 1.165) is 12.1 Å². The molecule has 3 aromatic rings. The molecule has 0 unspecified atom stereocenters. The maximum absolute atomic E-state index is 13.6. The number of hydrogen-bond acceptors (Lipinski definition) is 5. The topological polar surface area (TPSA) is 77.2 Å². The van der Waals surface area contributed by atoms with Gasteiger partial charge in [0.1, 0.15) is 0 Å². The number of amides is 1. The average Bonchev–Trinajstić information content (AvgIpc) is 3.08. The van der Waals surface area contributed by atoms with Crippen LogP contribution in [-0.2, 0) is 0 Å². The number of anilines is 1. The normalized spacial score (nSPS) is 10.7. The molecule has 0 aliphatic rings. The molecule has 0 bridgehead atoms. The van der Waals surface area contributed by atoms with Gasteiger partial charge in [-0.25, -0.2) is 4.39 Å². The first-order chi connectivity index (χ1) is 12.0. The molecule has 1 amide bonds. The number of pyridine rings is 1. The highest BCUT2D eigenvalue weighted by atomic mass is 19.3. The zero-order valence-corrected chi connectivity index (χ0v) is 12.4. The Morgan fingerprint density at radius 1 is 1.16 bits per heavy atom. The summed E-state index contributed by atoms with van der Waals surface area (Å²) in [7, 11) is 0. The quantitative estimate of drug-likeness (QED) is 0.759. The number of rotatable bonds is 5. The van der Waals surface area contributed by atoms with Gasteiger partial charge in [-0.3, -0.25) is 9.78 Å². The van der Waals surface area contributed by atoms with Crippen molar-refractivity contribution >= 4 is 11.6 Å². The van der Waals surface area contributed by atoms with Gasteiger partial charge >= 0.3 is 6.61 Å². The lowest BCUT2D eigenvalue weighted by Crippen LogP contribution is -2.12. The van der Waals surface area contributed by atoms with E-state index in [9.17, 15) is 18.0 Å². The van der Waals surface area contributed by atoms with Crippen molar-refractivity contribution in [2.24, 2.45) is 0 Å². The van der Waals surface area contributed by atoms with Gasteiger partial charge in [-0.15, -0.1) is 0 Å². The Bertz CT molecular complexity index is 885. The number of halogens is 3. The van der Waals surface area contributed by atoms with Gasteiger partial charge in [0.25, 0.3) is 5.91 Å². The fourth-order valence-electron chi connectivity index (χ4n) is 2.00. The monoisotopic (exact) mass is 349 g/mol. The van der Waals surface area contributed by atoms with Crippen LogP contribution in [0.4, 0.5) is 18.9 Å². The molecule has 0 aliphatic heterocycles. The molecule has 0 fully saturated rings. The first kappa shape index (κ1) is 16.5. The van der Waals surface area contributed by atoms with E-state index >= 15 is 0 Å². The van der Waals surface area contributed by atoms with E-state index in [2.05, 4.69) is 20.2 Å². The van der Waals surface area contributed by atoms with Gasteiger partial charge < -0.3 is 14.6 Å². The number of nitrogens with zero attached hydrogens (tertiary/aromatic N) is 2. The molecule has 0 spiro atoms. The summed E-state index contributed by atoms with van der Waals surface area (Å²) in [5.74, 6) is -1.93. The first-order valence-corrected chi connectivity index (χ1v) is 6.96. The van der Waals surface area contributed by atoms with Crippen LogP contribution in [0.2, 0.25) is 0 Å². The van der Waals surface area contributed by atoms with E-state index in [0.29, 0.717) is 11.3 Å². The third-order valence-electron chi connectivity index (χ3n) is 3.11. The smallest absolute Gasteiger partial charge is 0.387 e. The van der Waals surface area contributed by atoms with Crippen LogP contribution >= 0.6 is 0 Å². The van der Waals surface area contributed by atoms with Crippen LogP contribution in [0.25, 0.3) is 11.3 Å². The van der Waals surface area contributed by atoms with Crippen molar-refractivity contribution in [3.8, 4) is 17.1 Å². The number of carbonyl (C=O) groups is 1. The zero-order valence-electron chi connectivity index (χ0n) is 12.4. The molecule has 0 atom stereocenters. The minimum absolute atomic E-state index is 0.0277. The van der Waals surface area contributed by atoms with Gasteiger partial charge in [0, 0.05) is 35.8 Å². The summed E-state index contributed by atoms with van der Waals surface area (Å²) in [6.07, 6.45) is 3.12. The van der Waals surface area contributed by atoms with E-state index in [4.69, 9.17) is 4.52 Å². The lowest BCUT2D eigenvalue weighted by molar-refractivity contribution is -0.0521.